The highest BCUT2D eigenvalue weighted by Gasteiger charge is 2.06. The Hall–Kier alpha value is -0.755. The molecule has 1 atom stereocenters. The fourth-order valence-corrected chi connectivity index (χ4v) is 1.71. The smallest absolute Gasteiger partial charge is 0.330 e. The van der Waals surface area contributed by atoms with Crippen molar-refractivity contribution in [1.82, 2.24) is 0 Å². The Bertz CT molecular complexity index is 261. The van der Waals surface area contributed by atoms with Crippen molar-refractivity contribution in [3.63, 3.8) is 0 Å². The van der Waals surface area contributed by atoms with Gasteiger partial charge in [-0.25, -0.2) is 0 Å². The summed E-state index contributed by atoms with van der Waals surface area (Å²) in [6, 6.07) is 10.2. The van der Waals surface area contributed by atoms with E-state index in [2.05, 4.69) is 26.0 Å². The summed E-state index contributed by atoms with van der Waals surface area (Å²) in [6.45, 7) is 5.33. The molecule has 0 saturated carbocycles. The molecule has 0 aliphatic carbocycles. The first kappa shape index (κ1) is 13.3. The van der Waals surface area contributed by atoms with Crippen LogP contribution < -0.4 is 5.46 Å². The first-order valence-electron chi connectivity index (χ1n) is 6.36. The highest BCUT2D eigenvalue weighted by molar-refractivity contribution is 6.46. The van der Waals surface area contributed by atoms with E-state index in [-0.39, 0.29) is 0 Å². The Balaban J connectivity index is 2.18. The van der Waals surface area contributed by atoms with E-state index < -0.39 is 0 Å². The lowest BCUT2D eigenvalue weighted by molar-refractivity contribution is 0.246. The third-order valence-electron chi connectivity index (χ3n) is 2.89. The van der Waals surface area contributed by atoms with Crippen LogP contribution in [-0.2, 0) is 4.65 Å². The molecule has 16 heavy (non-hydrogen) atoms. The molecule has 2 heteroatoms. The summed E-state index contributed by atoms with van der Waals surface area (Å²) < 4.78 is 5.64. The fourth-order valence-electron chi connectivity index (χ4n) is 1.71. The highest BCUT2D eigenvalue weighted by Crippen LogP contribution is 2.12. The van der Waals surface area contributed by atoms with Gasteiger partial charge in [-0.3, -0.25) is 0 Å². The molecule has 1 aromatic carbocycles. The van der Waals surface area contributed by atoms with Crippen LogP contribution in [0.25, 0.3) is 0 Å². The van der Waals surface area contributed by atoms with E-state index in [4.69, 9.17) is 4.65 Å². The Morgan fingerprint density at radius 3 is 2.56 bits per heavy atom. The van der Waals surface area contributed by atoms with Gasteiger partial charge >= 0.3 is 7.48 Å². The van der Waals surface area contributed by atoms with Crippen LogP contribution in [0.4, 0.5) is 0 Å². The van der Waals surface area contributed by atoms with Gasteiger partial charge in [-0.15, -0.1) is 0 Å². The van der Waals surface area contributed by atoms with Gasteiger partial charge in [-0.2, -0.15) is 0 Å². The second-order valence-corrected chi connectivity index (χ2v) is 4.28. The monoisotopic (exact) mass is 217 g/mol. The number of unbranched alkanes of at least 4 members (excludes halogenated alkanes) is 1. The van der Waals surface area contributed by atoms with Crippen LogP contribution >= 0.6 is 0 Å². The number of rotatable bonds is 8. The lowest BCUT2D eigenvalue weighted by Crippen LogP contribution is -2.20. The minimum atomic E-state index is 0.708. The molecule has 1 nitrogen and oxygen atoms in total. The SMILES string of the molecule is CCCCC(CC)CO[B]c1ccccc1. The molecule has 1 unspecified atom stereocenters. The highest BCUT2D eigenvalue weighted by atomic mass is 16.4. The number of benzene rings is 1. The van der Waals surface area contributed by atoms with Crippen molar-refractivity contribution in [3.05, 3.63) is 30.3 Å². The molecule has 0 spiro atoms. The molecule has 1 rings (SSSR count). The van der Waals surface area contributed by atoms with Crippen LogP contribution in [0.5, 0.6) is 0 Å². The molecule has 1 radical (unpaired) electrons. The van der Waals surface area contributed by atoms with E-state index in [0.717, 1.165) is 12.1 Å². The van der Waals surface area contributed by atoms with Crippen molar-refractivity contribution < 1.29 is 4.65 Å². The normalized spacial score (nSPS) is 12.4. The van der Waals surface area contributed by atoms with E-state index in [1.54, 1.807) is 0 Å². The van der Waals surface area contributed by atoms with Gasteiger partial charge in [0, 0.05) is 6.61 Å². The van der Waals surface area contributed by atoms with Crippen LogP contribution in [0.1, 0.15) is 39.5 Å². The molecule has 0 N–H and O–H groups in total. The number of hydrogen-bond acceptors (Lipinski definition) is 1. The molecule has 87 valence electrons. The van der Waals surface area contributed by atoms with Crippen molar-refractivity contribution in [3.8, 4) is 0 Å². The summed E-state index contributed by atoms with van der Waals surface area (Å²) in [5.41, 5.74) is 1.15. The molecule has 0 aliphatic heterocycles. The van der Waals surface area contributed by atoms with E-state index in [1.165, 1.54) is 25.7 Å². The van der Waals surface area contributed by atoms with Crippen LogP contribution in [0, 0.1) is 5.92 Å². The van der Waals surface area contributed by atoms with E-state index in [9.17, 15) is 0 Å². The molecule has 0 saturated heterocycles. The zero-order valence-electron chi connectivity index (χ0n) is 10.5. The quantitative estimate of drug-likeness (QED) is 0.607. The fraction of sp³-hybridized carbons (Fsp3) is 0.571. The maximum absolute atomic E-state index is 5.64. The average molecular weight is 217 g/mol. The van der Waals surface area contributed by atoms with Gasteiger partial charge < -0.3 is 4.65 Å². The van der Waals surface area contributed by atoms with Crippen molar-refractivity contribution in [2.45, 2.75) is 39.5 Å². The molecule has 1 aromatic rings. The molecule has 0 fully saturated rings. The molecule has 0 aromatic heterocycles. The van der Waals surface area contributed by atoms with E-state index in [1.807, 2.05) is 25.7 Å². The molecule has 0 bridgehead atoms. The predicted octanol–water partition coefficient (Wildman–Crippen LogP) is 3.16. The Labute approximate surface area is 100 Å². The van der Waals surface area contributed by atoms with Crippen molar-refractivity contribution >= 4 is 12.9 Å². The third-order valence-corrected chi connectivity index (χ3v) is 2.89. The van der Waals surface area contributed by atoms with E-state index >= 15 is 0 Å². The summed E-state index contributed by atoms with van der Waals surface area (Å²) in [7, 11) is 1.87. The molecule has 0 heterocycles. The Kier molecular flexibility index (Phi) is 6.99. The van der Waals surface area contributed by atoms with Crippen molar-refractivity contribution in [2.24, 2.45) is 5.92 Å². The Morgan fingerprint density at radius 1 is 1.19 bits per heavy atom. The maximum atomic E-state index is 5.64. The first-order chi connectivity index (χ1) is 7.86. The van der Waals surface area contributed by atoms with Crippen LogP contribution in [-0.4, -0.2) is 14.1 Å². The zero-order valence-corrected chi connectivity index (χ0v) is 10.5. The average Bonchev–Trinajstić information content (AvgIpc) is 2.35. The second-order valence-electron chi connectivity index (χ2n) is 4.28. The van der Waals surface area contributed by atoms with Gasteiger partial charge in [0.05, 0.1) is 0 Å². The van der Waals surface area contributed by atoms with Crippen LogP contribution in [0.15, 0.2) is 30.3 Å². The summed E-state index contributed by atoms with van der Waals surface area (Å²) in [4.78, 5) is 0. The molecular formula is C14H22BO. The first-order valence-corrected chi connectivity index (χ1v) is 6.36. The van der Waals surface area contributed by atoms with Crippen molar-refractivity contribution in [2.75, 3.05) is 6.61 Å². The van der Waals surface area contributed by atoms with Gasteiger partial charge in [0.2, 0.25) is 0 Å². The Morgan fingerprint density at radius 2 is 1.94 bits per heavy atom. The molecule has 0 aliphatic rings. The van der Waals surface area contributed by atoms with Gasteiger partial charge in [0.1, 0.15) is 0 Å². The number of hydrogen-bond donors (Lipinski definition) is 0. The second kappa shape index (κ2) is 8.40. The standard InChI is InChI=1S/C14H22BO/c1-3-5-9-13(4-2)12-16-15-14-10-7-6-8-11-14/h6-8,10-11,13H,3-5,9,12H2,1-2H3. The largest absolute Gasteiger partial charge is 0.434 e. The lowest BCUT2D eigenvalue weighted by Gasteiger charge is -2.14. The summed E-state index contributed by atoms with van der Waals surface area (Å²) in [5, 5.41) is 0. The summed E-state index contributed by atoms with van der Waals surface area (Å²) in [5.74, 6) is 0.708. The van der Waals surface area contributed by atoms with Crippen LogP contribution in [0.2, 0.25) is 0 Å². The third kappa shape index (κ3) is 5.36. The predicted molar refractivity (Wildman–Crippen MR) is 71.1 cm³/mol. The minimum Gasteiger partial charge on any atom is -0.434 e. The molecular weight excluding hydrogens is 195 g/mol. The summed E-state index contributed by atoms with van der Waals surface area (Å²) in [6.07, 6.45) is 5.09. The summed E-state index contributed by atoms with van der Waals surface area (Å²) >= 11 is 0. The van der Waals surface area contributed by atoms with Gasteiger partial charge in [0.15, 0.2) is 0 Å². The van der Waals surface area contributed by atoms with Crippen molar-refractivity contribution in [1.29, 1.82) is 0 Å². The maximum Gasteiger partial charge on any atom is 0.330 e. The van der Waals surface area contributed by atoms with Gasteiger partial charge in [0.25, 0.3) is 0 Å². The van der Waals surface area contributed by atoms with Gasteiger partial charge in [-0.1, -0.05) is 68.9 Å². The zero-order chi connectivity index (χ0) is 11.6. The van der Waals surface area contributed by atoms with E-state index in [0.29, 0.717) is 5.92 Å². The van der Waals surface area contributed by atoms with Crippen LogP contribution in [0.3, 0.4) is 0 Å². The molecule has 0 amide bonds. The minimum absolute atomic E-state index is 0.708. The topological polar surface area (TPSA) is 9.23 Å². The lowest BCUT2D eigenvalue weighted by atomic mass is 9.88. The van der Waals surface area contributed by atoms with Gasteiger partial charge in [-0.05, 0) is 12.3 Å².